The molecule has 18 heavy (non-hydrogen) atoms. The molecule has 1 aromatic heterocycles. The number of aliphatic carboxylic acids is 1. The summed E-state index contributed by atoms with van der Waals surface area (Å²) in [5.41, 5.74) is 2.70. The highest BCUT2D eigenvalue weighted by Crippen LogP contribution is 2.29. The van der Waals surface area contributed by atoms with E-state index in [1.165, 1.54) is 0 Å². The second-order valence-corrected chi connectivity index (χ2v) is 4.17. The van der Waals surface area contributed by atoms with E-state index in [0.717, 1.165) is 27.9 Å². The normalized spacial score (nSPS) is 10.6. The molecule has 0 saturated carbocycles. The summed E-state index contributed by atoms with van der Waals surface area (Å²) in [6.07, 6.45) is 0.589. The van der Waals surface area contributed by atoms with Crippen LogP contribution >= 0.6 is 0 Å². The number of carboxylic acids is 1. The smallest absolute Gasteiger partial charge is 0.303 e. The number of fused-ring (bicyclic) bond motifs is 1. The van der Waals surface area contributed by atoms with Crippen LogP contribution in [0.4, 0.5) is 0 Å². The van der Waals surface area contributed by atoms with Gasteiger partial charge in [0.2, 0.25) is 0 Å². The highest BCUT2D eigenvalue weighted by atomic mass is 16.5. The first-order chi connectivity index (χ1) is 8.61. The Labute approximate surface area is 105 Å². The third kappa shape index (κ3) is 2.42. The van der Waals surface area contributed by atoms with Crippen LogP contribution in [-0.4, -0.2) is 23.2 Å². The molecule has 1 heterocycles. The van der Waals surface area contributed by atoms with E-state index in [0.29, 0.717) is 6.42 Å². The molecule has 0 aliphatic carbocycles. The van der Waals surface area contributed by atoms with Crippen LogP contribution in [0.25, 0.3) is 10.9 Å². The number of nitrogens with zero attached hydrogens (tertiary/aromatic N) is 1. The maximum atomic E-state index is 10.7. The molecule has 2 aromatic rings. The van der Waals surface area contributed by atoms with E-state index in [1.54, 1.807) is 7.11 Å². The third-order valence-electron chi connectivity index (χ3n) is 2.83. The van der Waals surface area contributed by atoms with Crippen molar-refractivity contribution in [2.45, 2.75) is 19.8 Å². The number of ether oxygens (including phenoxy) is 1. The van der Waals surface area contributed by atoms with E-state index in [1.807, 2.05) is 31.2 Å². The van der Waals surface area contributed by atoms with Gasteiger partial charge in [0.15, 0.2) is 0 Å². The lowest BCUT2D eigenvalue weighted by atomic mass is 10.0. The third-order valence-corrected chi connectivity index (χ3v) is 2.83. The van der Waals surface area contributed by atoms with Gasteiger partial charge in [-0.2, -0.15) is 0 Å². The van der Waals surface area contributed by atoms with Crippen molar-refractivity contribution < 1.29 is 14.6 Å². The highest BCUT2D eigenvalue weighted by molar-refractivity contribution is 5.89. The van der Waals surface area contributed by atoms with Crippen LogP contribution in [0.15, 0.2) is 24.3 Å². The van der Waals surface area contributed by atoms with Gasteiger partial charge < -0.3 is 9.84 Å². The molecule has 1 aromatic carbocycles. The number of carbonyl (C=O) groups is 1. The zero-order chi connectivity index (χ0) is 13.1. The number of hydrogen-bond donors (Lipinski definition) is 1. The van der Waals surface area contributed by atoms with Crippen molar-refractivity contribution in [1.82, 2.24) is 4.98 Å². The molecule has 0 fully saturated rings. The van der Waals surface area contributed by atoms with Gasteiger partial charge in [0.1, 0.15) is 5.75 Å². The van der Waals surface area contributed by atoms with Crippen molar-refractivity contribution >= 4 is 16.9 Å². The Hall–Kier alpha value is -2.10. The number of aromatic nitrogens is 1. The number of methoxy groups -OCH3 is 1. The number of hydrogen-bond acceptors (Lipinski definition) is 3. The second kappa shape index (κ2) is 5.04. The summed E-state index contributed by atoms with van der Waals surface area (Å²) in [4.78, 5) is 15.1. The Balaban J connectivity index is 2.58. The first-order valence-corrected chi connectivity index (χ1v) is 5.77. The van der Waals surface area contributed by atoms with E-state index in [2.05, 4.69) is 4.98 Å². The van der Waals surface area contributed by atoms with E-state index in [-0.39, 0.29) is 6.42 Å². The average molecular weight is 245 g/mol. The Morgan fingerprint density at radius 2 is 2.22 bits per heavy atom. The zero-order valence-electron chi connectivity index (χ0n) is 10.4. The van der Waals surface area contributed by atoms with Crippen molar-refractivity contribution in [3.05, 3.63) is 35.5 Å². The molecule has 0 bridgehead atoms. The maximum Gasteiger partial charge on any atom is 0.303 e. The fourth-order valence-corrected chi connectivity index (χ4v) is 2.09. The van der Waals surface area contributed by atoms with Crippen LogP contribution in [0.3, 0.4) is 0 Å². The molecule has 0 saturated heterocycles. The molecule has 0 aliphatic heterocycles. The van der Waals surface area contributed by atoms with Crippen LogP contribution in [0, 0.1) is 6.92 Å². The van der Waals surface area contributed by atoms with Crippen LogP contribution in [0.1, 0.15) is 17.7 Å². The molecule has 0 radical (unpaired) electrons. The summed E-state index contributed by atoms with van der Waals surface area (Å²) in [6, 6.07) is 7.58. The van der Waals surface area contributed by atoms with Crippen LogP contribution in [0.2, 0.25) is 0 Å². The predicted molar refractivity (Wildman–Crippen MR) is 69.0 cm³/mol. The van der Waals surface area contributed by atoms with E-state index >= 15 is 0 Å². The average Bonchev–Trinajstić information content (AvgIpc) is 2.34. The first-order valence-electron chi connectivity index (χ1n) is 5.77. The summed E-state index contributed by atoms with van der Waals surface area (Å²) in [5.74, 6) is -0.0621. The zero-order valence-corrected chi connectivity index (χ0v) is 10.4. The Kier molecular flexibility index (Phi) is 3.46. The first kappa shape index (κ1) is 12.4. The van der Waals surface area contributed by atoms with Crippen molar-refractivity contribution in [2.75, 3.05) is 7.11 Å². The number of benzene rings is 1. The topological polar surface area (TPSA) is 59.4 Å². The fraction of sp³-hybridized carbons (Fsp3) is 0.286. The van der Waals surface area contributed by atoms with E-state index in [9.17, 15) is 4.79 Å². The molecule has 0 spiro atoms. The molecule has 2 rings (SSSR count). The summed E-state index contributed by atoms with van der Waals surface area (Å²) in [5, 5.41) is 9.70. The molecular weight excluding hydrogens is 230 g/mol. The SMILES string of the molecule is COc1cccc2nc(C)cc(CCC(=O)O)c12. The molecule has 0 amide bonds. The van der Waals surface area contributed by atoms with Gasteiger partial charge in [0, 0.05) is 17.5 Å². The molecule has 4 nitrogen and oxygen atoms in total. The monoisotopic (exact) mass is 245 g/mol. The Morgan fingerprint density at radius 1 is 1.44 bits per heavy atom. The molecule has 0 aliphatic rings. The molecule has 4 heteroatoms. The van der Waals surface area contributed by atoms with Gasteiger partial charge in [-0.25, -0.2) is 0 Å². The minimum Gasteiger partial charge on any atom is -0.496 e. The quantitative estimate of drug-likeness (QED) is 0.899. The molecule has 1 N–H and O–H groups in total. The van der Waals surface area contributed by atoms with Crippen molar-refractivity contribution in [1.29, 1.82) is 0 Å². The van der Waals surface area contributed by atoms with Crippen LogP contribution in [0.5, 0.6) is 5.75 Å². The molecule has 0 atom stereocenters. The van der Waals surface area contributed by atoms with Gasteiger partial charge in [0.25, 0.3) is 0 Å². The lowest BCUT2D eigenvalue weighted by molar-refractivity contribution is -0.136. The summed E-state index contributed by atoms with van der Waals surface area (Å²) < 4.78 is 5.33. The molecule has 94 valence electrons. The van der Waals surface area contributed by atoms with Crippen LogP contribution in [-0.2, 0) is 11.2 Å². The van der Waals surface area contributed by atoms with Gasteiger partial charge in [-0.15, -0.1) is 0 Å². The lowest BCUT2D eigenvalue weighted by Gasteiger charge is -2.10. The minimum absolute atomic E-state index is 0.108. The summed E-state index contributed by atoms with van der Waals surface area (Å²) in [7, 11) is 1.61. The van der Waals surface area contributed by atoms with E-state index < -0.39 is 5.97 Å². The van der Waals surface area contributed by atoms with Crippen molar-refractivity contribution in [3.8, 4) is 5.75 Å². The van der Waals surface area contributed by atoms with Crippen molar-refractivity contribution in [3.63, 3.8) is 0 Å². The molecular formula is C14H15NO3. The number of carboxylic acid groups (broad SMARTS) is 1. The largest absolute Gasteiger partial charge is 0.496 e. The lowest BCUT2D eigenvalue weighted by Crippen LogP contribution is -2.00. The predicted octanol–water partition coefficient (Wildman–Crippen LogP) is 2.57. The van der Waals surface area contributed by atoms with Gasteiger partial charge in [0.05, 0.1) is 12.6 Å². The number of pyridine rings is 1. The summed E-state index contributed by atoms with van der Waals surface area (Å²) in [6.45, 7) is 1.91. The van der Waals surface area contributed by atoms with Crippen LogP contribution < -0.4 is 4.74 Å². The Bertz CT molecular complexity index is 593. The second-order valence-electron chi connectivity index (χ2n) is 4.17. The standard InChI is InChI=1S/C14H15NO3/c1-9-8-10(6-7-13(16)17)14-11(15-9)4-3-5-12(14)18-2/h3-5,8H,6-7H2,1-2H3,(H,16,17). The Morgan fingerprint density at radius 3 is 2.89 bits per heavy atom. The number of aryl methyl sites for hydroxylation is 2. The van der Waals surface area contributed by atoms with Gasteiger partial charge >= 0.3 is 5.97 Å². The summed E-state index contributed by atoms with van der Waals surface area (Å²) >= 11 is 0. The minimum atomic E-state index is -0.799. The van der Waals surface area contributed by atoms with Crippen molar-refractivity contribution in [2.24, 2.45) is 0 Å². The highest BCUT2D eigenvalue weighted by Gasteiger charge is 2.10. The molecule has 0 unspecified atom stereocenters. The number of rotatable bonds is 4. The van der Waals surface area contributed by atoms with Gasteiger partial charge in [-0.05, 0) is 37.1 Å². The maximum absolute atomic E-state index is 10.7. The van der Waals surface area contributed by atoms with Gasteiger partial charge in [-0.1, -0.05) is 6.07 Å². The van der Waals surface area contributed by atoms with Gasteiger partial charge in [-0.3, -0.25) is 9.78 Å². The fourth-order valence-electron chi connectivity index (χ4n) is 2.09. The van der Waals surface area contributed by atoms with E-state index in [4.69, 9.17) is 9.84 Å².